The van der Waals surface area contributed by atoms with E-state index in [1.165, 1.54) is 0 Å². The molecular formula is C13H27NO5Si. The number of hydrogen-bond acceptors (Lipinski definition) is 5. The zero-order valence-electron chi connectivity index (χ0n) is 13.0. The van der Waals surface area contributed by atoms with Crippen molar-refractivity contribution in [2.24, 2.45) is 0 Å². The van der Waals surface area contributed by atoms with Gasteiger partial charge in [-0.2, -0.15) is 0 Å². The molecule has 6 nitrogen and oxygen atoms in total. The third-order valence-corrected chi connectivity index (χ3v) is 5.70. The molecule has 1 amide bonds. The monoisotopic (exact) mass is 305 g/mol. The Labute approximate surface area is 122 Å². The number of amides is 1. The molecule has 0 atom stereocenters. The molecule has 0 fully saturated rings. The van der Waals surface area contributed by atoms with E-state index in [2.05, 4.69) is 11.9 Å². The van der Waals surface area contributed by atoms with Gasteiger partial charge in [-0.1, -0.05) is 6.58 Å². The molecule has 0 rings (SSSR count). The van der Waals surface area contributed by atoms with Crippen LogP contribution in [0.4, 0.5) is 0 Å². The lowest BCUT2D eigenvalue weighted by Gasteiger charge is -2.22. The zero-order chi connectivity index (χ0) is 15.4. The topological polar surface area (TPSA) is 66.0 Å². The molecule has 0 saturated carbocycles. The highest BCUT2D eigenvalue weighted by Crippen LogP contribution is 2.10. The van der Waals surface area contributed by atoms with E-state index >= 15 is 0 Å². The van der Waals surface area contributed by atoms with E-state index in [1.807, 2.05) is 6.55 Å². The van der Waals surface area contributed by atoms with Crippen LogP contribution in [0.15, 0.2) is 12.2 Å². The van der Waals surface area contributed by atoms with Gasteiger partial charge in [-0.15, -0.1) is 0 Å². The summed E-state index contributed by atoms with van der Waals surface area (Å²) in [6, 6.07) is 0.786. The van der Waals surface area contributed by atoms with E-state index in [1.54, 1.807) is 21.1 Å². The third kappa shape index (κ3) is 9.22. The SMILES string of the molecule is C=C(C)C(=O)NCCOCCOCC[Si](C)(OC)OC. The maximum Gasteiger partial charge on any atom is 0.336 e. The van der Waals surface area contributed by atoms with Gasteiger partial charge in [-0.25, -0.2) is 0 Å². The summed E-state index contributed by atoms with van der Waals surface area (Å²) < 4.78 is 21.5. The summed E-state index contributed by atoms with van der Waals surface area (Å²) in [6.45, 7) is 9.77. The van der Waals surface area contributed by atoms with Crippen molar-refractivity contribution in [1.82, 2.24) is 5.32 Å². The molecule has 0 radical (unpaired) electrons. The largest absolute Gasteiger partial charge is 0.398 e. The summed E-state index contributed by atoms with van der Waals surface area (Å²) in [7, 11) is 1.31. The summed E-state index contributed by atoms with van der Waals surface area (Å²) in [5, 5.41) is 2.69. The predicted molar refractivity (Wildman–Crippen MR) is 79.9 cm³/mol. The molecular weight excluding hydrogens is 278 g/mol. The minimum absolute atomic E-state index is 0.145. The van der Waals surface area contributed by atoms with Crippen LogP contribution < -0.4 is 5.32 Å². The summed E-state index contributed by atoms with van der Waals surface area (Å²) in [5.74, 6) is -0.145. The van der Waals surface area contributed by atoms with Crippen molar-refractivity contribution in [3.05, 3.63) is 12.2 Å². The van der Waals surface area contributed by atoms with E-state index in [9.17, 15) is 4.79 Å². The Balaban J connectivity index is 3.37. The van der Waals surface area contributed by atoms with E-state index in [4.69, 9.17) is 18.3 Å². The lowest BCUT2D eigenvalue weighted by atomic mass is 10.3. The molecule has 0 aromatic rings. The van der Waals surface area contributed by atoms with E-state index in [0.717, 1.165) is 6.04 Å². The van der Waals surface area contributed by atoms with Crippen molar-refractivity contribution >= 4 is 14.5 Å². The number of carbonyl (C=O) groups is 1. The van der Waals surface area contributed by atoms with Crippen LogP contribution in [0.3, 0.4) is 0 Å². The number of carbonyl (C=O) groups excluding carboxylic acids is 1. The van der Waals surface area contributed by atoms with Gasteiger partial charge in [-0.3, -0.25) is 4.79 Å². The first-order valence-corrected chi connectivity index (χ1v) is 9.17. The van der Waals surface area contributed by atoms with Crippen LogP contribution in [-0.2, 0) is 23.1 Å². The zero-order valence-corrected chi connectivity index (χ0v) is 14.0. The highest BCUT2D eigenvalue weighted by molar-refractivity contribution is 6.65. The van der Waals surface area contributed by atoms with Gasteiger partial charge in [0.15, 0.2) is 0 Å². The fraction of sp³-hybridized carbons (Fsp3) is 0.769. The van der Waals surface area contributed by atoms with Crippen molar-refractivity contribution in [3.8, 4) is 0 Å². The Morgan fingerprint density at radius 1 is 1.10 bits per heavy atom. The van der Waals surface area contributed by atoms with Crippen LogP contribution in [-0.4, -0.2) is 61.7 Å². The molecule has 7 heteroatoms. The van der Waals surface area contributed by atoms with Gasteiger partial charge >= 0.3 is 8.56 Å². The van der Waals surface area contributed by atoms with Crippen LogP contribution in [0.5, 0.6) is 0 Å². The highest BCUT2D eigenvalue weighted by atomic mass is 28.4. The molecule has 0 aliphatic rings. The second-order valence-electron chi connectivity index (χ2n) is 4.55. The molecule has 0 aromatic heterocycles. The maximum atomic E-state index is 11.2. The molecule has 0 heterocycles. The molecule has 0 spiro atoms. The first-order valence-electron chi connectivity index (χ1n) is 6.64. The minimum atomic E-state index is -2.02. The molecule has 1 N–H and O–H groups in total. The fourth-order valence-corrected chi connectivity index (χ4v) is 2.34. The van der Waals surface area contributed by atoms with Gasteiger partial charge in [0.1, 0.15) is 0 Å². The van der Waals surface area contributed by atoms with Crippen molar-refractivity contribution < 1.29 is 23.1 Å². The maximum absolute atomic E-state index is 11.2. The lowest BCUT2D eigenvalue weighted by molar-refractivity contribution is -0.117. The smallest absolute Gasteiger partial charge is 0.336 e. The molecule has 0 aromatic carbocycles. The summed E-state index contributed by atoms with van der Waals surface area (Å²) in [6.07, 6.45) is 0. The van der Waals surface area contributed by atoms with Crippen molar-refractivity contribution in [2.45, 2.75) is 19.5 Å². The number of ether oxygens (including phenoxy) is 2. The molecule has 0 aliphatic heterocycles. The Morgan fingerprint density at radius 3 is 2.15 bits per heavy atom. The van der Waals surface area contributed by atoms with Crippen LogP contribution in [0.25, 0.3) is 0 Å². The van der Waals surface area contributed by atoms with Crippen LogP contribution >= 0.6 is 0 Å². The van der Waals surface area contributed by atoms with Crippen molar-refractivity contribution in [1.29, 1.82) is 0 Å². The standard InChI is InChI=1S/C13H27NO5Si/c1-12(2)13(15)14-6-7-18-8-9-19-10-11-20(5,16-3)17-4/h1,6-11H2,2-5H3,(H,14,15). The second kappa shape index (κ2) is 11.0. The molecule has 0 unspecified atom stereocenters. The van der Waals surface area contributed by atoms with Crippen molar-refractivity contribution in [3.63, 3.8) is 0 Å². The Kier molecular flexibility index (Phi) is 10.6. The Bertz CT molecular complexity index is 294. The Morgan fingerprint density at radius 2 is 1.65 bits per heavy atom. The van der Waals surface area contributed by atoms with Gasteiger partial charge < -0.3 is 23.6 Å². The fourth-order valence-electron chi connectivity index (χ4n) is 1.25. The quantitative estimate of drug-likeness (QED) is 0.332. The van der Waals surface area contributed by atoms with Crippen LogP contribution in [0.1, 0.15) is 6.92 Å². The van der Waals surface area contributed by atoms with Gasteiger partial charge in [0.05, 0.1) is 19.8 Å². The van der Waals surface area contributed by atoms with Crippen LogP contribution in [0.2, 0.25) is 12.6 Å². The lowest BCUT2D eigenvalue weighted by Crippen LogP contribution is -2.37. The molecule has 0 bridgehead atoms. The normalized spacial score (nSPS) is 11.4. The average Bonchev–Trinajstić information content (AvgIpc) is 2.44. The molecule has 0 aliphatic carbocycles. The summed E-state index contributed by atoms with van der Waals surface area (Å²) >= 11 is 0. The molecule has 20 heavy (non-hydrogen) atoms. The van der Waals surface area contributed by atoms with Gasteiger partial charge in [0, 0.05) is 39.0 Å². The first-order chi connectivity index (χ1) is 9.45. The summed E-state index contributed by atoms with van der Waals surface area (Å²) in [5.41, 5.74) is 0.497. The van der Waals surface area contributed by atoms with Crippen LogP contribution in [0, 0.1) is 0 Å². The predicted octanol–water partition coefficient (Wildman–Crippen LogP) is 1.08. The molecule has 0 saturated heterocycles. The van der Waals surface area contributed by atoms with Gasteiger partial charge in [-0.05, 0) is 13.5 Å². The molecule has 118 valence electrons. The average molecular weight is 305 g/mol. The second-order valence-corrected chi connectivity index (χ2v) is 8.14. The summed E-state index contributed by atoms with van der Waals surface area (Å²) in [4.78, 5) is 11.2. The number of rotatable bonds is 12. The first kappa shape index (κ1) is 19.3. The minimum Gasteiger partial charge on any atom is -0.398 e. The number of hydrogen-bond donors (Lipinski definition) is 1. The van der Waals surface area contributed by atoms with E-state index in [0.29, 0.717) is 38.5 Å². The number of nitrogens with one attached hydrogen (secondary N) is 1. The third-order valence-electron chi connectivity index (χ3n) is 2.86. The Hall–Kier alpha value is -0.733. The van der Waals surface area contributed by atoms with Gasteiger partial charge in [0.25, 0.3) is 0 Å². The van der Waals surface area contributed by atoms with Gasteiger partial charge in [0.2, 0.25) is 5.91 Å². The van der Waals surface area contributed by atoms with Crippen molar-refractivity contribution in [2.75, 3.05) is 47.2 Å². The highest BCUT2D eigenvalue weighted by Gasteiger charge is 2.27. The van der Waals surface area contributed by atoms with E-state index < -0.39 is 8.56 Å². The van der Waals surface area contributed by atoms with E-state index in [-0.39, 0.29) is 5.91 Å².